The molecule has 17 heavy (non-hydrogen) atoms. The maximum atomic E-state index is 11.6. The van der Waals surface area contributed by atoms with E-state index in [1.54, 1.807) is 0 Å². The SMILES string of the molecule is CN(C)Cc1ccccc1NC(=O)CCCN. The highest BCUT2D eigenvalue weighted by atomic mass is 16.1. The zero-order valence-electron chi connectivity index (χ0n) is 10.6. The lowest BCUT2D eigenvalue weighted by Gasteiger charge is -2.14. The van der Waals surface area contributed by atoms with Gasteiger partial charge in [-0.15, -0.1) is 0 Å². The van der Waals surface area contributed by atoms with Gasteiger partial charge >= 0.3 is 0 Å². The van der Waals surface area contributed by atoms with Gasteiger partial charge in [0, 0.05) is 18.7 Å². The van der Waals surface area contributed by atoms with Crippen LogP contribution in [0.3, 0.4) is 0 Å². The maximum absolute atomic E-state index is 11.6. The molecule has 1 amide bonds. The van der Waals surface area contributed by atoms with Crippen LogP contribution in [0.5, 0.6) is 0 Å². The molecule has 94 valence electrons. The van der Waals surface area contributed by atoms with Crippen molar-refractivity contribution in [1.29, 1.82) is 0 Å². The molecule has 0 aliphatic carbocycles. The zero-order chi connectivity index (χ0) is 12.7. The van der Waals surface area contributed by atoms with Crippen LogP contribution in [-0.4, -0.2) is 31.4 Å². The van der Waals surface area contributed by atoms with E-state index in [9.17, 15) is 4.79 Å². The van der Waals surface area contributed by atoms with E-state index in [0.29, 0.717) is 13.0 Å². The van der Waals surface area contributed by atoms with E-state index in [1.807, 2.05) is 38.4 Å². The molecular weight excluding hydrogens is 214 g/mol. The van der Waals surface area contributed by atoms with E-state index >= 15 is 0 Å². The molecule has 0 fully saturated rings. The Kier molecular flexibility index (Phi) is 5.66. The largest absolute Gasteiger partial charge is 0.330 e. The summed E-state index contributed by atoms with van der Waals surface area (Å²) in [7, 11) is 4.01. The van der Waals surface area contributed by atoms with Crippen LogP contribution < -0.4 is 11.1 Å². The Morgan fingerprint density at radius 2 is 2.06 bits per heavy atom. The second kappa shape index (κ2) is 7.04. The molecule has 0 aliphatic rings. The summed E-state index contributed by atoms with van der Waals surface area (Å²) in [6.07, 6.45) is 1.20. The Morgan fingerprint density at radius 1 is 1.35 bits per heavy atom. The topological polar surface area (TPSA) is 58.4 Å². The lowest BCUT2D eigenvalue weighted by Crippen LogP contribution is -2.17. The highest BCUT2D eigenvalue weighted by Gasteiger charge is 2.06. The summed E-state index contributed by atoms with van der Waals surface area (Å²) in [6, 6.07) is 7.86. The third-order valence-electron chi connectivity index (χ3n) is 2.39. The number of nitrogens with zero attached hydrogens (tertiary/aromatic N) is 1. The Labute approximate surface area is 103 Å². The van der Waals surface area contributed by atoms with E-state index in [-0.39, 0.29) is 5.91 Å². The van der Waals surface area contributed by atoms with Gasteiger partial charge < -0.3 is 16.0 Å². The molecule has 1 rings (SSSR count). The fourth-order valence-electron chi connectivity index (χ4n) is 1.60. The monoisotopic (exact) mass is 235 g/mol. The molecule has 0 saturated heterocycles. The fourth-order valence-corrected chi connectivity index (χ4v) is 1.60. The average molecular weight is 235 g/mol. The number of para-hydroxylation sites is 1. The third kappa shape index (κ3) is 4.97. The van der Waals surface area contributed by atoms with Crippen LogP contribution in [0.2, 0.25) is 0 Å². The number of anilines is 1. The van der Waals surface area contributed by atoms with Crippen molar-refractivity contribution in [3.63, 3.8) is 0 Å². The van der Waals surface area contributed by atoms with Crippen molar-refractivity contribution in [3.05, 3.63) is 29.8 Å². The second-order valence-corrected chi connectivity index (χ2v) is 4.34. The molecule has 0 heterocycles. The number of hydrogen-bond donors (Lipinski definition) is 2. The van der Waals surface area contributed by atoms with Crippen LogP contribution >= 0.6 is 0 Å². The van der Waals surface area contributed by atoms with Gasteiger partial charge in [0.25, 0.3) is 0 Å². The normalized spacial score (nSPS) is 10.6. The van der Waals surface area contributed by atoms with Gasteiger partial charge in [0.1, 0.15) is 0 Å². The first kappa shape index (κ1) is 13.7. The highest BCUT2D eigenvalue weighted by molar-refractivity contribution is 5.91. The van der Waals surface area contributed by atoms with E-state index in [4.69, 9.17) is 5.73 Å². The van der Waals surface area contributed by atoms with Crippen molar-refractivity contribution in [2.45, 2.75) is 19.4 Å². The quantitative estimate of drug-likeness (QED) is 0.784. The van der Waals surface area contributed by atoms with Gasteiger partial charge in [0.05, 0.1) is 0 Å². The zero-order valence-corrected chi connectivity index (χ0v) is 10.6. The number of benzene rings is 1. The number of amides is 1. The van der Waals surface area contributed by atoms with Crippen LogP contribution in [0.1, 0.15) is 18.4 Å². The Balaban J connectivity index is 2.66. The Bertz CT molecular complexity index is 363. The van der Waals surface area contributed by atoms with Crippen LogP contribution in [0.15, 0.2) is 24.3 Å². The first-order valence-electron chi connectivity index (χ1n) is 5.86. The van der Waals surface area contributed by atoms with Crippen molar-refractivity contribution in [1.82, 2.24) is 4.90 Å². The van der Waals surface area contributed by atoms with E-state index < -0.39 is 0 Å². The van der Waals surface area contributed by atoms with Crippen LogP contribution in [0.4, 0.5) is 5.69 Å². The smallest absolute Gasteiger partial charge is 0.224 e. The number of nitrogens with two attached hydrogens (primary N) is 1. The molecule has 4 heteroatoms. The minimum Gasteiger partial charge on any atom is -0.330 e. The first-order chi connectivity index (χ1) is 8.13. The predicted molar refractivity (Wildman–Crippen MR) is 70.8 cm³/mol. The summed E-state index contributed by atoms with van der Waals surface area (Å²) in [6.45, 7) is 1.36. The summed E-state index contributed by atoms with van der Waals surface area (Å²) < 4.78 is 0. The minimum absolute atomic E-state index is 0.0293. The first-order valence-corrected chi connectivity index (χ1v) is 5.86. The van der Waals surface area contributed by atoms with Crippen molar-refractivity contribution in [2.75, 3.05) is 26.0 Å². The minimum atomic E-state index is 0.0293. The van der Waals surface area contributed by atoms with Crippen LogP contribution in [0.25, 0.3) is 0 Å². The number of nitrogens with one attached hydrogen (secondary N) is 1. The van der Waals surface area contributed by atoms with Gasteiger partial charge in [-0.1, -0.05) is 18.2 Å². The number of rotatable bonds is 6. The molecule has 0 bridgehead atoms. The van der Waals surface area contributed by atoms with Crippen molar-refractivity contribution in [2.24, 2.45) is 5.73 Å². The number of hydrogen-bond acceptors (Lipinski definition) is 3. The van der Waals surface area contributed by atoms with Gasteiger partial charge in [-0.05, 0) is 38.7 Å². The average Bonchev–Trinajstić information content (AvgIpc) is 2.28. The molecular formula is C13H21N3O. The summed E-state index contributed by atoms with van der Waals surface area (Å²) in [5.74, 6) is 0.0293. The molecule has 0 unspecified atom stereocenters. The summed E-state index contributed by atoms with van der Waals surface area (Å²) in [5.41, 5.74) is 7.39. The van der Waals surface area contributed by atoms with Gasteiger partial charge in [-0.2, -0.15) is 0 Å². The summed E-state index contributed by atoms with van der Waals surface area (Å²) in [4.78, 5) is 13.7. The molecule has 0 radical (unpaired) electrons. The predicted octanol–water partition coefficient (Wildman–Crippen LogP) is 1.43. The molecule has 0 atom stereocenters. The van der Waals surface area contributed by atoms with Crippen molar-refractivity contribution >= 4 is 11.6 Å². The molecule has 1 aromatic rings. The van der Waals surface area contributed by atoms with Crippen molar-refractivity contribution in [3.8, 4) is 0 Å². The van der Waals surface area contributed by atoms with E-state index in [1.165, 1.54) is 0 Å². The lowest BCUT2D eigenvalue weighted by molar-refractivity contribution is -0.116. The number of carbonyl (C=O) groups excluding carboxylic acids is 1. The fraction of sp³-hybridized carbons (Fsp3) is 0.462. The summed E-state index contributed by atoms with van der Waals surface area (Å²) >= 11 is 0. The van der Waals surface area contributed by atoms with Crippen LogP contribution in [0, 0.1) is 0 Å². The van der Waals surface area contributed by atoms with E-state index in [0.717, 1.165) is 24.2 Å². The third-order valence-corrected chi connectivity index (χ3v) is 2.39. The molecule has 4 nitrogen and oxygen atoms in total. The maximum Gasteiger partial charge on any atom is 0.224 e. The standard InChI is InChI=1S/C13H21N3O/c1-16(2)10-11-6-3-4-7-12(11)15-13(17)8-5-9-14/h3-4,6-7H,5,8-10,14H2,1-2H3,(H,15,17). The van der Waals surface area contributed by atoms with E-state index in [2.05, 4.69) is 10.2 Å². The Hall–Kier alpha value is -1.39. The number of carbonyl (C=O) groups is 1. The van der Waals surface area contributed by atoms with Crippen LogP contribution in [-0.2, 0) is 11.3 Å². The second-order valence-electron chi connectivity index (χ2n) is 4.34. The van der Waals surface area contributed by atoms with Crippen molar-refractivity contribution < 1.29 is 4.79 Å². The van der Waals surface area contributed by atoms with Gasteiger partial charge in [-0.25, -0.2) is 0 Å². The molecule has 3 N–H and O–H groups in total. The molecule has 0 spiro atoms. The molecule has 0 aliphatic heterocycles. The van der Waals surface area contributed by atoms with Gasteiger partial charge in [0.2, 0.25) is 5.91 Å². The lowest BCUT2D eigenvalue weighted by atomic mass is 10.1. The Morgan fingerprint density at radius 3 is 2.71 bits per heavy atom. The molecule has 0 saturated carbocycles. The molecule has 0 aromatic heterocycles. The highest BCUT2D eigenvalue weighted by Crippen LogP contribution is 2.16. The van der Waals surface area contributed by atoms with Gasteiger partial charge in [0.15, 0.2) is 0 Å². The van der Waals surface area contributed by atoms with Gasteiger partial charge in [-0.3, -0.25) is 4.79 Å². The molecule has 1 aromatic carbocycles. The summed E-state index contributed by atoms with van der Waals surface area (Å²) in [5, 5.41) is 2.93.